The minimum Gasteiger partial charge on any atom is -0.456 e. The summed E-state index contributed by atoms with van der Waals surface area (Å²) in [6, 6.07) is 22.8. The second-order valence-corrected chi connectivity index (χ2v) is 12.5. The predicted octanol–water partition coefficient (Wildman–Crippen LogP) is 9.02. The van der Waals surface area contributed by atoms with Crippen LogP contribution in [0.3, 0.4) is 0 Å². The molecule has 0 radical (unpaired) electrons. The normalized spacial score (nSPS) is 28.8. The largest absolute Gasteiger partial charge is 0.456 e. The van der Waals surface area contributed by atoms with Gasteiger partial charge in [0.2, 0.25) is 0 Å². The Labute approximate surface area is 197 Å². The van der Waals surface area contributed by atoms with Gasteiger partial charge >= 0.3 is 0 Å². The number of para-hydroxylation sites is 1. The molecular formula is C32H34O. The molecule has 1 aromatic heterocycles. The van der Waals surface area contributed by atoms with Gasteiger partial charge in [0.15, 0.2) is 0 Å². The molecule has 4 saturated carbocycles. The van der Waals surface area contributed by atoms with Gasteiger partial charge in [0.05, 0.1) is 0 Å². The van der Waals surface area contributed by atoms with Crippen LogP contribution in [-0.2, 0) is 10.8 Å². The molecule has 3 aromatic carbocycles. The Kier molecular flexibility index (Phi) is 4.07. The average molecular weight is 435 g/mol. The van der Waals surface area contributed by atoms with Crippen molar-refractivity contribution >= 4 is 21.9 Å². The van der Waals surface area contributed by atoms with Crippen LogP contribution in [0.1, 0.15) is 70.4 Å². The van der Waals surface area contributed by atoms with Gasteiger partial charge in [-0.05, 0) is 89.9 Å². The van der Waals surface area contributed by atoms with E-state index in [-0.39, 0.29) is 5.41 Å². The molecule has 168 valence electrons. The van der Waals surface area contributed by atoms with Crippen molar-refractivity contribution in [2.75, 3.05) is 0 Å². The summed E-state index contributed by atoms with van der Waals surface area (Å²) in [6.07, 6.45) is 8.79. The summed E-state index contributed by atoms with van der Waals surface area (Å²) >= 11 is 0. The topological polar surface area (TPSA) is 13.1 Å². The lowest BCUT2D eigenvalue weighted by Crippen LogP contribution is -2.48. The van der Waals surface area contributed by atoms with Crippen LogP contribution in [0.25, 0.3) is 33.1 Å². The third-order valence-corrected chi connectivity index (χ3v) is 9.18. The van der Waals surface area contributed by atoms with Gasteiger partial charge < -0.3 is 4.42 Å². The lowest BCUT2D eigenvalue weighted by atomic mass is 9.48. The quantitative estimate of drug-likeness (QED) is 0.307. The zero-order chi connectivity index (χ0) is 22.4. The van der Waals surface area contributed by atoms with Gasteiger partial charge in [-0.2, -0.15) is 0 Å². The lowest BCUT2D eigenvalue weighted by molar-refractivity contribution is -0.00518. The van der Waals surface area contributed by atoms with Crippen molar-refractivity contribution in [2.24, 2.45) is 17.8 Å². The van der Waals surface area contributed by atoms with Crippen molar-refractivity contribution in [3.8, 4) is 11.1 Å². The van der Waals surface area contributed by atoms with E-state index in [4.69, 9.17) is 4.42 Å². The van der Waals surface area contributed by atoms with Crippen LogP contribution in [0.15, 0.2) is 65.1 Å². The summed E-state index contributed by atoms with van der Waals surface area (Å²) in [5.41, 5.74) is 8.01. The first-order valence-electron chi connectivity index (χ1n) is 13.0. The number of benzene rings is 3. The van der Waals surface area contributed by atoms with Crippen LogP contribution in [0.5, 0.6) is 0 Å². The fourth-order valence-corrected chi connectivity index (χ4v) is 8.15. The molecule has 1 heteroatoms. The summed E-state index contributed by atoms with van der Waals surface area (Å²) in [5.74, 6) is 2.96. The molecule has 0 atom stereocenters. The molecule has 0 N–H and O–H groups in total. The Morgan fingerprint density at radius 1 is 0.758 bits per heavy atom. The third-order valence-electron chi connectivity index (χ3n) is 9.18. The zero-order valence-corrected chi connectivity index (χ0v) is 20.2. The highest BCUT2D eigenvalue weighted by Crippen LogP contribution is 2.60. The van der Waals surface area contributed by atoms with Gasteiger partial charge in [-0.15, -0.1) is 0 Å². The smallest absolute Gasteiger partial charge is 0.139 e. The van der Waals surface area contributed by atoms with Crippen LogP contribution >= 0.6 is 0 Å². The molecule has 0 aliphatic heterocycles. The molecule has 4 aromatic rings. The van der Waals surface area contributed by atoms with Gasteiger partial charge in [-0.25, -0.2) is 0 Å². The van der Waals surface area contributed by atoms with Crippen molar-refractivity contribution in [3.63, 3.8) is 0 Å². The third kappa shape index (κ3) is 2.97. The van der Waals surface area contributed by atoms with Crippen LogP contribution in [0.4, 0.5) is 0 Å². The zero-order valence-electron chi connectivity index (χ0n) is 20.2. The Bertz CT molecular complexity index is 1330. The monoisotopic (exact) mass is 434 g/mol. The number of fused-ring (bicyclic) bond motifs is 3. The highest BCUT2D eigenvalue weighted by atomic mass is 16.3. The van der Waals surface area contributed by atoms with Gasteiger partial charge in [0.1, 0.15) is 11.2 Å². The van der Waals surface area contributed by atoms with E-state index >= 15 is 0 Å². The van der Waals surface area contributed by atoms with Crippen molar-refractivity contribution < 1.29 is 4.42 Å². The second-order valence-electron chi connectivity index (χ2n) is 12.5. The Morgan fingerprint density at radius 3 is 2.03 bits per heavy atom. The SMILES string of the molecule is CC(C)(C)c1cccc2c1oc1cccc(-c3ccc(C45CC6CC(CC(C6)C4)C5)cc3)c12. The molecule has 4 fully saturated rings. The highest BCUT2D eigenvalue weighted by molar-refractivity contribution is 6.13. The molecular weight excluding hydrogens is 400 g/mol. The maximum atomic E-state index is 6.46. The highest BCUT2D eigenvalue weighted by Gasteiger charge is 2.51. The molecule has 0 amide bonds. The molecule has 33 heavy (non-hydrogen) atoms. The second kappa shape index (κ2) is 6.75. The lowest BCUT2D eigenvalue weighted by Gasteiger charge is -2.57. The first kappa shape index (κ1) is 19.9. The molecule has 4 aliphatic rings. The van der Waals surface area contributed by atoms with E-state index in [0.29, 0.717) is 5.41 Å². The van der Waals surface area contributed by atoms with Gasteiger partial charge in [-0.1, -0.05) is 75.4 Å². The average Bonchev–Trinajstić information content (AvgIpc) is 3.16. The van der Waals surface area contributed by atoms with Crippen molar-refractivity contribution in [1.82, 2.24) is 0 Å². The first-order valence-corrected chi connectivity index (χ1v) is 13.0. The van der Waals surface area contributed by atoms with Crippen molar-refractivity contribution in [2.45, 2.75) is 70.1 Å². The van der Waals surface area contributed by atoms with Crippen LogP contribution < -0.4 is 0 Å². The first-order chi connectivity index (χ1) is 15.9. The van der Waals surface area contributed by atoms with Crippen LogP contribution in [0.2, 0.25) is 0 Å². The Balaban J connectivity index is 1.33. The van der Waals surface area contributed by atoms with E-state index in [2.05, 4.69) is 81.4 Å². The van der Waals surface area contributed by atoms with E-state index in [1.807, 2.05) is 0 Å². The summed E-state index contributed by atoms with van der Waals surface area (Å²) in [6.45, 7) is 6.79. The predicted molar refractivity (Wildman–Crippen MR) is 138 cm³/mol. The van der Waals surface area contributed by atoms with E-state index in [1.54, 1.807) is 5.56 Å². The summed E-state index contributed by atoms with van der Waals surface area (Å²) in [5, 5.41) is 2.49. The number of hydrogen-bond donors (Lipinski definition) is 0. The number of hydrogen-bond acceptors (Lipinski definition) is 1. The van der Waals surface area contributed by atoms with Gasteiger partial charge in [0.25, 0.3) is 0 Å². The number of furan rings is 1. The summed E-state index contributed by atoms with van der Waals surface area (Å²) < 4.78 is 6.46. The fraction of sp³-hybridized carbons (Fsp3) is 0.438. The maximum absolute atomic E-state index is 6.46. The van der Waals surface area contributed by atoms with E-state index in [1.165, 1.54) is 66.0 Å². The standard InChI is InChI=1S/C32H34O/c1-31(2,3)27-8-4-7-26-29-25(6-5-9-28(29)33-30(26)27)23-10-12-24(13-11-23)32-17-20-14-21(18-32)16-22(15-20)19-32/h4-13,20-22H,14-19H2,1-3H3. The van der Waals surface area contributed by atoms with E-state index in [0.717, 1.165) is 28.9 Å². The maximum Gasteiger partial charge on any atom is 0.139 e. The van der Waals surface area contributed by atoms with Gasteiger partial charge in [0, 0.05) is 16.3 Å². The molecule has 0 unspecified atom stereocenters. The minimum absolute atomic E-state index is 0.0487. The molecule has 8 rings (SSSR count). The molecule has 0 spiro atoms. The van der Waals surface area contributed by atoms with E-state index in [9.17, 15) is 0 Å². The van der Waals surface area contributed by atoms with Crippen molar-refractivity contribution in [3.05, 3.63) is 71.8 Å². The molecule has 1 heterocycles. The van der Waals surface area contributed by atoms with Crippen LogP contribution in [-0.4, -0.2) is 0 Å². The van der Waals surface area contributed by atoms with Gasteiger partial charge in [-0.3, -0.25) is 0 Å². The molecule has 1 nitrogen and oxygen atoms in total. The Morgan fingerprint density at radius 2 is 1.39 bits per heavy atom. The minimum atomic E-state index is 0.0487. The molecule has 0 saturated heterocycles. The summed E-state index contributed by atoms with van der Waals surface area (Å²) in [7, 11) is 0. The van der Waals surface area contributed by atoms with E-state index < -0.39 is 0 Å². The molecule has 4 bridgehead atoms. The molecule has 4 aliphatic carbocycles. The summed E-state index contributed by atoms with van der Waals surface area (Å²) in [4.78, 5) is 0. The van der Waals surface area contributed by atoms with Crippen molar-refractivity contribution in [1.29, 1.82) is 0 Å². The number of rotatable bonds is 2. The van der Waals surface area contributed by atoms with Crippen LogP contribution in [0, 0.1) is 17.8 Å². The Hall–Kier alpha value is -2.54. The fourth-order valence-electron chi connectivity index (χ4n) is 8.15.